The van der Waals surface area contributed by atoms with Gasteiger partial charge in [-0.15, -0.1) is 11.3 Å². The predicted octanol–water partition coefficient (Wildman–Crippen LogP) is 11.2. The van der Waals surface area contributed by atoms with Gasteiger partial charge < -0.3 is 14.6 Å². The number of benzene rings is 6. The summed E-state index contributed by atoms with van der Waals surface area (Å²) in [5.41, 5.74) is 7.28. The standard InChI is InChI=1S/C36H24N2OS/c1-3-10-25(11-4-1)38(26-12-5-2-6-13-26)27-19-21-34-30(23-27)36-31(15-9-17-35(36)40-34)37-24-18-20-29-28-14-7-8-16-32(28)39-33(29)22-24/h1-23,37H. The third kappa shape index (κ3) is 3.81. The smallest absolute Gasteiger partial charge is 0.137 e. The highest BCUT2D eigenvalue weighted by molar-refractivity contribution is 7.26. The van der Waals surface area contributed by atoms with Gasteiger partial charge in [-0.2, -0.15) is 0 Å². The Kier molecular flexibility index (Phi) is 5.32. The number of nitrogens with one attached hydrogen (secondary N) is 1. The minimum Gasteiger partial charge on any atom is -0.456 e. The van der Waals surface area contributed by atoms with Crippen molar-refractivity contribution in [3.8, 4) is 0 Å². The molecule has 2 aromatic heterocycles. The molecule has 8 rings (SSSR count). The fraction of sp³-hybridized carbons (Fsp3) is 0. The van der Waals surface area contributed by atoms with E-state index in [1.165, 1.54) is 20.2 Å². The van der Waals surface area contributed by atoms with Crippen molar-refractivity contribution in [2.75, 3.05) is 10.2 Å². The summed E-state index contributed by atoms with van der Waals surface area (Å²) >= 11 is 1.83. The van der Waals surface area contributed by atoms with Crippen LogP contribution in [0.1, 0.15) is 0 Å². The Labute approximate surface area is 235 Å². The van der Waals surface area contributed by atoms with Gasteiger partial charge in [0, 0.05) is 65.4 Å². The lowest BCUT2D eigenvalue weighted by Gasteiger charge is -2.25. The molecule has 8 aromatic rings. The molecule has 4 heteroatoms. The van der Waals surface area contributed by atoms with Crippen LogP contribution in [0.15, 0.2) is 144 Å². The van der Waals surface area contributed by atoms with Crippen LogP contribution in [-0.2, 0) is 0 Å². The van der Waals surface area contributed by atoms with Gasteiger partial charge in [0.05, 0.1) is 0 Å². The lowest BCUT2D eigenvalue weighted by atomic mass is 10.1. The number of rotatable bonds is 5. The molecule has 40 heavy (non-hydrogen) atoms. The van der Waals surface area contributed by atoms with E-state index in [-0.39, 0.29) is 0 Å². The maximum Gasteiger partial charge on any atom is 0.137 e. The summed E-state index contributed by atoms with van der Waals surface area (Å²) in [6, 6.07) is 49.0. The molecule has 0 aliphatic rings. The summed E-state index contributed by atoms with van der Waals surface area (Å²) < 4.78 is 8.68. The number of nitrogens with zero attached hydrogens (tertiary/aromatic N) is 1. The van der Waals surface area contributed by atoms with Crippen LogP contribution in [0.5, 0.6) is 0 Å². The fourth-order valence-electron chi connectivity index (χ4n) is 5.62. The van der Waals surface area contributed by atoms with E-state index in [2.05, 4.69) is 138 Å². The molecule has 2 heterocycles. The summed E-state index contributed by atoms with van der Waals surface area (Å²) in [4.78, 5) is 2.31. The van der Waals surface area contributed by atoms with Crippen molar-refractivity contribution in [3.05, 3.63) is 140 Å². The summed E-state index contributed by atoms with van der Waals surface area (Å²) in [7, 11) is 0. The van der Waals surface area contributed by atoms with Crippen LogP contribution in [0.25, 0.3) is 42.1 Å². The van der Waals surface area contributed by atoms with Crippen LogP contribution in [0, 0.1) is 0 Å². The Bertz CT molecular complexity index is 2110. The molecular formula is C36H24N2OS. The Morgan fingerprint density at radius 3 is 2.02 bits per heavy atom. The number of para-hydroxylation sites is 3. The van der Waals surface area contributed by atoms with Crippen molar-refractivity contribution in [2.45, 2.75) is 0 Å². The van der Waals surface area contributed by atoms with Gasteiger partial charge in [0.15, 0.2) is 0 Å². The second kappa shape index (κ2) is 9.30. The minimum absolute atomic E-state index is 0.886. The highest BCUT2D eigenvalue weighted by Crippen LogP contribution is 2.43. The number of furan rings is 1. The van der Waals surface area contributed by atoms with Gasteiger partial charge in [-0.25, -0.2) is 0 Å². The molecule has 0 saturated carbocycles. The van der Waals surface area contributed by atoms with Crippen LogP contribution in [0.2, 0.25) is 0 Å². The lowest BCUT2D eigenvalue weighted by Crippen LogP contribution is -2.09. The third-order valence-corrected chi connectivity index (χ3v) is 8.56. The molecule has 0 aliphatic carbocycles. The summed E-state index contributed by atoms with van der Waals surface area (Å²) in [5.74, 6) is 0. The Balaban J connectivity index is 1.26. The molecule has 0 radical (unpaired) electrons. The van der Waals surface area contributed by atoms with Gasteiger partial charge in [0.2, 0.25) is 0 Å². The van der Waals surface area contributed by atoms with E-state index in [1.807, 2.05) is 23.5 Å². The molecule has 0 bridgehead atoms. The molecule has 0 unspecified atom stereocenters. The molecule has 0 saturated heterocycles. The van der Waals surface area contributed by atoms with E-state index < -0.39 is 0 Å². The SMILES string of the molecule is c1ccc(N(c2ccccc2)c2ccc3sc4cccc(Nc5ccc6c(c5)oc5ccccc56)c4c3c2)cc1. The van der Waals surface area contributed by atoms with Crippen molar-refractivity contribution in [1.29, 1.82) is 0 Å². The molecular weight excluding hydrogens is 508 g/mol. The van der Waals surface area contributed by atoms with Gasteiger partial charge in [-0.3, -0.25) is 0 Å². The van der Waals surface area contributed by atoms with Gasteiger partial charge >= 0.3 is 0 Å². The number of hydrogen-bond acceptors (Lipinski definition) is 4. The normalized spacial score (nSPS) is 11.5. The van der Waals surface area contributed by atoms with E-state index >= 15 is 0 Å². The van der Waals surface area contributed by atoms with Crippen molar-refractivity contribution in [2.24, 2.45) is 0 Å². The topological polar surface area (TPSA) is 28.4 Å². The summed E-state index contributed by atoms with van der Waals surface area (Å²) in [5, 5.41) is 8.45. The largest absolute Gasteiger partial charge is 0.456 e. The molecule has 0 atom stereocenters. The maximum atomic E-state index is 6.16. The molecule has 190 valence electrons. The van der Waals surface area contributed by atoms with Crippen LogP contribution < -0.4 is 10.2 Å². The molecule has 0 amide bonds. The van der Waals surface area contributed by atoms with Crippen molar-refractivity contribution >= 4 is 81.9 Å². The zero-order chi connectivity index (χ0) is 26.5. The summed E-state index contributed by atoms with van der Waals surface area (Å²) in [6.45, 7) is 0. The number of fused-ring (bicyclic) bond motifs is 6. The average molecular weight is 533 g/mol. The molecule has 1 N–H and O–H groups in total. The average Bonchev–Trinajstić information content (AvgIpc) is 3.56. The van der Waals surface area contributed by atoms with Gasteiger partial charge in [-0.05, 0) is 72.8 Å². The van der Waals surface area contributed by atoms with Crippen LogP contribution in [0.4, 0.5) is 28.4 Å². The van der Waals surface area contributed by atoms with Gasteiger partial charge in [-0.1, -0.05) is 60.7 Å². The zero-order valence-corrected chi connectivity index (χ0v) is 22.4. The first-order chi connectivity index (χ1) is 19.8. The predicted molar refractivity (Wildman–Crippen MR) is 171 cm³/mol. The minimum atomic E-state index is 0.886. The first-order valence-electron chi connectivity index (χ1n) is 13.4. The third-order valence-electron chi connectivity index (χ3n) is 7.42. The Morgan fingerprint density at radius 2 is 1.23 bits per heavy atom. The number of hydrogen-bond donors (Lipinski definition) is 1. The van der Waals surface area contributed by atoms with Crippen molar-refractivity contribution in [3.63, 3.8) is 0 Å². The van der Waals surface area contributed by atoms with E-state index in [4.69, 9.17) is 4.42 Å². The van der Waals surface area contributed by atoms with E-state index in [1.54, 1.807) is 0 Å². The summed E-state index contributed by atoms with van der Waals surface area (Å²) in [6.07, 6.45) is 0. The second-order valence-electron chi connectivity index (χ2n) is 9.90. The maximum absolute atomic E-state index is 6.16. The highest BCUT2D eigenvalue weighted by atomic mass is 32.1. The van der Waals surface area contributed by atoms with E-state index in [0.717, 1.165) is 50.4 Å². The van der Waals surface area contributed by atoms with E-state index in [9.17, 15) is 0 Å². The zero-order valence-electron chi connectivity index (χ0n) is 21.5. The van der Waals surface area contributed by atoms with Crippen molar-refractivity contribution < 1.29 is 4.42 Å². The first kappa shape index (κ1) is 22.9. The molecule has 6 aromatic carbocycles. The number of anilines is 5. The van der Waals surface area contributed by atoms with Crippen LogP contribution >= 0.6 is 11.3 Å². The lowest BCUT2D eigenvalue weighted by molar-refractivity contribution is 0.669. The Morgan fingerprint density at radius 1 is 0.500 bits per heavy atom. The monoisotopic (exact) mass is 532 g/mol. The second-order valence-corrected chi connectivity index (χ2v) is 11.0. The number of thiophene rings is 1. The molecule has 0 fully saturated rings. The van der Waals surface area contributed by atoms with Gasteiger partial charge in [0.1, 0.15) is 11.2 Å². The molecule has 3 nitrogen and oxygen atoms in total. The fourth-order valence-corrected chi connectivity index (χ4v) is 6.73. The van der Waals surface area contributed by atoms with Crippen LogP contribution in [0.3, 0.4) is 0 Å². The van der Waals surface area contributed by atoms with E-state index in [0.29, 0.717) is 0 Å². The highest BCUT2D eigenvalue weighted by Gasteiger charge is 2.16. The Hall–Kier alpha value is -5.06. The first-order valence-corrected chi connectivity index (χ1v) is 14.2. The quantitative estimate of drug-likeness (QED) is 0.239. The van der Waals surface area contributed by atoms with Gasteiger partial charge in [0.25, 0.3) is 0 Å². The van der Waals surface area contributed by atoms with Crippen molar-refractivity contribution in [1.82, 2.24) is 0 Å². The molecule has 0 aliphatic heterocycles. The molecule has 0 spiro atoms. The van der Waals surface area contributed by atoms with Crippen LogP contribution in [-0.4, -0.2) is 0 Å².